The number of phenolic OH excluding ortho intramolecular Hbond substituents is 1. The molecular weight excluding hydrogens is 239 g/mol. The van der Waals surface area contributed by atoms with E-state index in [1.54, 1.807) is 12.1 Å². The maximum atomic E-state index is 10.9. The molecule has 79 valence electrons. The van der Waals surface area contributed by atoms with Crippen LogP contribution in [0.3, 0.4) is 0 Å². The fraction of sp³-hybridized carbons (Fsp3) is 0. The first kappa shape index (κ1) is 13.5. The molecule has 0 aliphatic heterocycles. The summed E-state index contributed by atoms with van der Waals surface area (Å²) in [5.41, 5.74) is 0. The number of rotatable bonds is 1. The molecule has 0 aliphatic rings. The molecule has 0 bridgehead atoms. The predicted molar refractivity (Wildman–Crippen MR) is 61.2 cm³/mol. The van der Waals surface area contributed by atoms with Gasteiger partial charge in [0, 0.05) is 34.9 Å². The van der Waals surface area contributed by atoms with E-state index in [2.05, 4.69) is 0 Å². The molecule has 16 heavy (non-hydrogen) atoms. The topological polar surface area (TPSA) is 74.6 Å². The molecule has 1 radical (unpaired) electrons. The largest absolute Gasteiger partial charge is 0.507 e. The van der Waals surface area contributed by atoms with Crippen molar-refractivity contribution in [3.63, 3.8) is 0 Å². The first-order valence-corrected chi connectivity index (χ1v) is 5.62. The van der Waals surface area contributed by atoms with Crippen LogP contribution in [0, 0.1) is 0 Å². The van der Waals surface area contributed by atoms with E-state index >= 15 is 0 Å². The number of hydrogen-bond acceptors (Lipinski definition) is 3. The van der Waals surface area contributed by atoms with Gasteiger partial charge in [-0.15, -0.1) is 0 Å². The second-order valence-corrected chi connectivity index (χ2v) is 4.56. The third kappa shape index (κ3) is 2.56. The Balaban J connectivity index is 0.00000128. The predicted octanol–water partition coefficient (Wildman–Crippen LogP) is 1.41. The van der Waals surface area contributed by atoms with Crippen LogP contribution in [0.2, 0.25) is 0 Å². The minimum atomic E-state index is -4.19. The van der Waals surface area contributed by atoms with E-state index in [4.69, 9.17) is 4.55 Å². The van der Waals surface area contributed by atoms with Gasteiger partial charge in [0.05, 0.1) is 4.90 Å². The first-order chi connectivity index (χ1) is 6.98. The Kier molecular flexibility index (Phi) is 3.98. The molecule has 2 N–H and O–H groups in total. The third-order valence-electron chi connectivity index (χ3n) is 2.13. The van der Waals surface area contributed by atoms with Crippen molar-refractivity contribution >= 4 is 50.4 Å². The number of phenols is 1. The third-order valence-corrected chi connectivity index (χ3v) is 2.98. The summed E-state index contributed by atoms with van der Waals surface area (Å²) in [5.74, 6) is 0.0781. The summed E-state index contributed by atoms with van der Waals surface area (Å²) in [6.45, 7) is 0. The van der Waals surface area contributed by atoms with Gasteiger partial charge in [0.15, 0.2) is 0 Å². The molecule has 0 aliphatic carbocycles. The maximum Gasteiger partial charge on any atom is 0.294 e. The van der Waals surface area contributed by atoms with E-state index in [1.165, 1.54) is 24.3 Å². The molecule has 2 aromatic rings. The SMILES string of the molecule is O=S(=O)(O)c1ccc2c(O)cccc2c1.[Na]. The zero-order valence-corrected chi connectivity index (χ0v) is 11.4. The standard InChI is InChI=1S/C10H8O4S.Na/c11-10-3-1-2-7-6-8(15(12,13)14)4-5-9(7)10;/h1-6,11H,(H,12,13,14);. The van der Waals surface area contributed by atoms with Crippen molar-refractivity contribution in [2.45, 2.75) is 4.90 Å². The molecule has 6 heteroatoms. The van der Waals surface area contributed by atoms with E-state index in [9.17, 15) is 13.5 Å². The van der Waals surface area contributed by atoms with Crippen LogP contribution in [0.15, 0.2) is 41.3 Å². The van der Waals surface area contributed by atoms with E-state index in [1.807, 2.05) is 0 Å². The molecule has 0 spiro atoms. The van der Waals surface area contributed by atoms with Gasteiger partial charge in [-0.25, -0.2) is 0 Å². The molecule has 0 saturated carbocycles. The summed E-state index contributed by atoms with van der Waals surface area (Å²) >= 11 is 0. The van der Waals surface area contributed by atoms with Gasteiger partial charge in [-0.2, -0.15) is 8.42 Å². The van der Waals surface area contributed by atoms with Crippen LogP contribution in [0.5, 0.6) is 5.75 Å². The van der Waals surface area contributed by atoms with Gasteiger partial charge in [0.1, 0.15) is 5.75 Å². The number of fused-ring (bicyclic) bond motifs is 1. The monoisotopic (exact) mass is 247 g/mol. The molecule has 0 heterocycles. The molecule has 0 aromatic heterocycles. The van der Waals surface area contributed by atoms with Crippen molar-refractivity contribution in [1.29, 1.82) is 0 Å². The smallest absolute Gasteiger partial charge is 0.294 e. The van der Waals surface area contributed by atoms with Crippen molar-refractivity contribution in [1.82, 2.24) is 0 Å². The van der Waals surface area contributed by atoms with Gasteiger partial charge < -0.3 is 5.11 Å². The Morgan fingerprint density at radius 3 is 2.38 bits per heavy atom. The van der Waals surface area contributed by atoms with Crippen molar-refractivity contribution in [2.24, 2.45) is 0 Å². The number of aromatic hydroxyl groups is 1. The zero-order valence-electron chi connectivity index (χ0n) is 8.58. The fourth-order valence-corrected chi connectivity index (χ4v) is 1.92. The van der Waals surface area contributed by atoms with Crippen molar-refractivity contribution < 1.29 is 18.1 Å². The summed E-state index contributed by atoms with van der Waals surface area (Å²) in [6.07, 6.45) is 0. The summed E-state index contributed by atoms with van der Waals surface area (Å²) in [5, 5.41) is 10.6. The van der Waals surface area contributed by atoms with Crippen LogP contribution in [-0.4, -0.2) is 47.6 Å². The number of benzene rings is 2. The van der Waals surface area contributed by atoms with Gasteiger partial charge in [-0.05, 0) is 29.7 Å². The van der Waals surface area contributed by atoms with Crippen molar-refractivity contribution in [3.05, 3.63) is 36.4 Å². The van der Waals surface area contributed by atoms with Crippen LogP contribution in [0.1, 0.15) is 0 Å². The second kappa shape index (κ2) is 4.73. The van der Waals surface area contributed by atoms with Gasteiger partial charge in [0.25, 0.3) is 10.1 Å². The Morgan fingerprint density at radius 2 is 1.75 bits per heavy atom. The quantitative estimate of drug-likeness (QED) is 0.590. The molecule has 2 aromatic carbocycles. The summed E-state index contributed by atoms with van der Waals surface area (Å²) in [4.78, 5) is -0.180. The zero-order chi connectivity index (χ0) is 11.1. The number of hydrogen-bond donors (Lipinski definition) is 2. The fourth-order valence-electron chi connectivity index (χ4n) is 1.41. The van der Waals surface area contributed by atoms with E-state index in [0.717, 1.165) is 0 Å². The average Bonchev–Trinajstić information content (AvgIpc) is 2.16. The Hall–Kier alpha value is -0.590. The molecular formula is C10H8NaO4S. The molecule has 0 fully saturated rings. The van der Waals surface area contributed by atoms with Crippen molar-refractivity contribution in [3.8, 4) is 5.75 Å². The van der Waals surface area contributed by atoms with Crippen LogP contribution >= 0.6 is 0 Å². The van der Waals surface area contributed by atoms with Gasteiger partial charge >= 0.3 is 0 Å². The van der Waals surface area contributed by atoms with Crippen LogP contribution in [0.4, 0.5) is 0 Å². The molecule has 4 nitrogen and oxygen atoms in total. The van der Waals surface area contributed by atoms with E-state index < -0.39 is 10.1 Å². The van der Waals surface area contributed by atoms with Crippen LogP contribution < -0.4 is 0 Å². The summed E-state index contributed by atoms with van der Waals surface area (Å²) in [6, 6.07) is 8.78. The second-order valence-electron chi connectivity index (χ2n) is 3.14. The molecule has 2 rings (SSSR count). The molecule has 0 saturated heterocycles. The average molecular weight is 247 g/mol. The maximum absolute atomic E-state index is 10.9. The van der Waals surface area contributed by atoms with E-state index in [-0.39, 0.29) is 40.2 Å². The summed E-state index contributed by atoms with van der Waals surface area (Å²) in [7, 11) is -4.19. The normalized spacial score (nSPS) is 11.1. The Bertz CT molecular complexity index is 622. The molecule has 0 atom stereocenters. The van der Waals surface area contributed by atoms with Crippen LogP contribution in [0.25, 0.3) is 10.8 Å². The molecule has 0 amide bonds. The minimum Gasteiger partial charge on any atom is -0.507 e. The van der Waals surface area contributed by atoms with E-state index in [0.29, 0.717) is 10.8 Å². The Morgan fingerprint density at radius 1 is 1.06 bits per heavy atom. The van der Waals surface area contributed by atoms with Crippen molar-refractivity contribution in [2.75, 3.05) is 0 Å². The summed E-state index contributed by atoms with van der Waals surface area (Å²) < 4.78 is 30.5. The van der Waals surface area contributed by atoms with Gasteiger partial charge in [0.2, 0.25) is 0 Å². The molecule has 0 unspecified atom stereocenters. The minimum absolute atomic E-state index is 0. The first-order valence-electron chi connectivity index (χ1n) is 4.18. The van der Waals surface area contributed by atoms with Gasteiger partial charge in [-0.3, -0.25) is 4.55 Å². The van der Waals surface area contributed by atoms with Gasteiger partial charge in [-0.1, -0.05) is 12.1 Å². The Labute approximate surface area is 115 Å². The van der Waals surface area contributed by atoms with Crippen LogP contribution in [-0.2, 0) is 10.1 Å².